The molecule has 0 aromatic carbocycles. The van der Waals surface area contributed by atoms with Gasteiger partial charge in [0.15, 0.2) is 17.8 Å². The van der Waals surface area contributed by atoms with Gasteiger partial charge >= 0.3 is 29.8 Å². The maximum atomic E-state index is 13.1. The van der Waals surface area contributed by atoms with Crippen LogP contribution < -0.4 is 0 Å². The van der Waals surface area contributed by atoms with E-state index in [9.17, 15) is 34.2 Å². The zero-order valence-electron chi connectivity index (χ0n) is 25.1. The molecular weight excluding hydrogens is 572 g/mol. The molecule has 0 aromatic rings. The molecule has 2 aliphatic carbocycles. The van der Waals surface area contributed by atoms with Crippen LogP contribution in [0.4, 0.5) is 0 Å². The molecule has 14 nitrogen and oxygen atoms in total. The molecule has 238 valence electrons. The maximum Gasteiger partial charge on any atom is 0.312 e. The Morgan fingerprint density at radius 2 is 1.49 bits per heavy atom. The molecule has 3 fully saturated rings. The van der Waals surface area contributed by atoms with Gasteiger partial charge < -0.3 is 43.4 Å². The van der Waals surface area contributed by atoms with Crippen molar-refractivity contribution in [3.05, 3.63) is 23.8 Å². The summed E-state index contributed by atoms with van der Waals surface area (Å²) >= 11 is 0. The van der Waals surface area contributed by atoms with Crippen LogP contribution in [-0.4, -0.2) is 108 Å². The summed E-state index contributed by atoms with van der Waals surface area (Å²) in [6.07, 6.45) is -4.79. The van der Waals surface area contributed by atoms with Crippen LogP contribution in [-0.2, 0) is 57.1 Å². The molecule has 14 heteroatoms. The summed E-state index contributed by atoms with van der Waals surface area (Å²) in [6, 6.07) is 0. The van der Waals surface area contributed by atoms with Crippen LogP contribution >= 0.6 is 0 Å². The minimum Gasteiger partial charge on any atom is -0.459 e. The first-order valence-electron chi connectivity index (χ1n) is 13.9. The van der Waals surface area contributed by atoms with E-state index in [1.807, 2.05) is 0 Å². The van der Waals surface area contributed by atoms with Gasteiger partial charge in [0.05, 0.1) is 24.5 Å². The number of fused-ring (bicyclic) bond motifs is 3. The van der Waals surface area contributed by atoms with Crippen LogP contribution in [0.5, 0.6) is 0 Å². The van der Waals surface area contributed by atoms with Crippen molar-refractivity contribution in [2.75, 3.05) is 20.3 Å². The van der Waals surface area contributed by atoms with E-state index in [0.717, 1.165) is 27.7 Å². The molecule has 4 rings (SSSR count). The van der Waals surface area contributed by atoms with Gasteiger partial charge in [-0.25, -0.2) is 0 Å². The Labute approximate surface area is 248 Å². The van der Waals surface area contributed by atoms with Gasteiger partial charge in [0.25, 0.3) is 0 Å². The van der Waals surface area contributed by atoms with E-state index < -0.39 is 94.9 Å². The third-order valence-electron chi connectivity index (χ3n) is 8.84. The lowest BCUT2D eigenvalue weighted by Gasteiger charge is -2.58. The van der Waals surface area contributed by atoms with Crippen molar-refractivity contribution >= 4 is 29.8 Å². The molecule has 0 amide bonds. The number of rotatable bonds is 6. The Bertz CT molecular complexity index is 1240. The number of methoxy groups -OCH3 is 1. The molecule has 4 aliphatic rings. The van der Waals surface area contributed by atoms with Crippen molar-refractivity contribution in [1.82, 2.24) is 0 Å². The number of hydrogen-bond donors (Lipinski definition) is 2. The summed E-state index contributed by atoms with van der Waals surface area (Å²) in [5.74, 6) is -6.69. The second kappa shape index (κ2) is 11.6. The Morgan fingerprint density at radius 1 is 0.953 bits per heavy atom. The highest BCUT2D eigenvalue weighted by molar-refractivity contribution is 5.78. The number of aliphatic hydroxyl groups excluding tert-OH is 1. The quantitative estimate of drug-likeness (QED) is 0.230. The van der Waals surface area contributed by atoms with Crippen molar-refractivity contribution in [2.45, 2.75) is 89.4 Å². The zero-order valence-corrected chi connectivity index (χ0v) is 25.1. The molecular formula is C29H38O14. The molecule has 43 heavy (non-hydrogen) atoms. The van der Waals surface area contributed by atoms with Gasteiger partial charge in [-0.3, -0.25) is 24.0 Å². The summed E-state index contributed by atoms with van der Waals surface area (Å²) in [4.78, 5) is 63.1. The van der Waals surface area contributed by atoms with Crippen molar-refractivity contribution in [3.8, 4) is 0 Å². The second-order valence-corrected chi connectivity index (χ2v) is 11.7. The molecule has 2 N–H and O–H groups in total. The topological polar surface area (TPSA) is 194 Å². The molecule has 11 atom stereocenters. The SMILES string of the molecule is COCC1=C/[C@@H]2OC(=O)[C@H](C)[C@@]2(O)[C@@H](OC(C)=O)[C@H]2[C@@]3(CO3)[C@H](OC(C)=O)[C@H](O)[C@H](OC(C)=O)[C@]2(C)[C@@H](OC(C)=O)/C=C\1. The molecule has 0 aromatic heterocycles. The average molecular weight is 611 g/mol. The van der Waals surface area contributed by atoms with Crippen molar-refractivity contribution in [1.29, 1.82) is 0 Å². The van der Waals surface area contributed by atoms with Crippen LogP contribution in [0.3, 0.4) is 0 Å². The summed E-state index contributed by atoms with van der Waals surface area (Å²) in [7, 11) is 1.42. The lowest BCUT2D eigenvalue weighted by atomic mass is 9.51. The van der Waals surface area contributed by atoms with Gasteiger partial charge in [0.1, 0.15) is 30.0 Å². The number of carbonyl (C=O) groups excluding carboxylic acids is 5. The van der Waals surface area contributed by atoms with Gasteiger partial charge in [0, 0.05) is 40.7 Å². The van der Waals surface area contributed by atoms with Crippen LogP contribution in [0.15, 0.2) is 23.8 Å². The fourth-order valence-corrected chi connectivity index (χ4v) is 6.99. The summed E-state index contributed by atoms with van der Waals surface area (Å²) in [5, 5.41) is 24.3. The van der Waals surface area contributed by atoms with E-state index in [1.54, 1.807) is 0 Å². The number of esters is 5. The molecule has 0 radical (unpaired) electrons. The summed E-state index contributed by atoms with van der Waals surface area (Å²) in [6.45, 7) is 7.16. The predicted octanol–water partition coefficient (Wildman–Crippen LogP) is -0.0856. The van der Waals surface area contributed by atoms with Crippen LogP contribution in [0.2, 0.25) is 0 Å². The highest BCUT2D eigenvalue weighted by atomic mass is 16.7. The first-order chi connectivity index (χ1) is 20.0. The van der Waals surface area contributed by atoms with Gasteiger partial charge in [-0.2, -0.15) is 0 Å². The molecule has 1 saturated carbocycles. The lowest BCUT2D eigenvalue weighted by Crippen LogP contribution is -2.75. The molecule has 0 unspecified atom stereocenters. The highest BCUT2D eigenvalue weighted by Crippen LogP contribution is 2.62. The smallest absolute Gasteiger partial charge is 0.312 e. The van der Waals surface area contributed by atoms with E-state index in [0.29, 0.717) is 5.57 Å². The van der Waals surface area contributed by atoms with Gasteiger partial charge in [0.2, 0.25) is 0 Å². The van der Waals surface area contributed by atoms with Crippen LogP contribution in [0.1, 0.15) is 41.5 Å². The van der Waals surface area contributed by atoms with Gasteiger partial charge in [-0.1, -0.05) is 13.0 Å². The highest BCUT2D eigenvalue weighted by Gasteiger charge is 2.80. The lowest BCUT2D eigenvalue weighted by molar-refractivity contribution is -0.276. The summed E-state index contributed by atoms with van der Waals surface area (Å²) in [5.41, 5.74) is -5.32. The second-order valence-electron chi connectivity index (χ2n) is 11.7. The fourth-order valence-electron chi connectivity index (χ4n) is 6.99. The average Bonchev–Trinajstić information content (AvgIpc) is 3.65. The molecule has 1 spiro atoms. The van der Waals surface area contributed by atoms with Crippen molar-refractivity contribution in [2.24, 2.45) is 17.3 Å². The van der Waals surface area contributed by atoms with Crippen molar-refractivity contribution in [3.63, 3.8) is 0 Å². The van der Waals surface area contributed by atoms with Gasteiger partial charge in [-0.15, -0.1) is 0 Å². The van der Waals surface area contributed by atoms with Crippen LogP contribution in [0.25, 0.3) is 0 Å². The van der Waals surface area contributed by atoms with E-state index >= 15 is 0 Å². The number of aliphatic hydroxyl groups is 2. The largest absolute Gasteiger partial charge is 0.459 e. The van der Waals surface area contributed by atoms with E-state index in [2.05, 4.69) is 0 Å². The minimum absolute atomic E-state index is 0.0300. The van der Waals surface area contributed by atoms with Crippen LogP contribution in [0, 0.1) is 17.3 Å². The van der Waals surface area contributed by atoms with E-state index in [-0.39, 0.29) is 13.2 Å². The van der Waals surface area contributed by atoms with E-state index in [4.69, 9.17) is 33.2 Å². The Morgan fingerprint density at radius 3 is 2.00 bits per heavy atom. The summed E-state index contributed by atoms with van der Waals surface area (Å²) < 4.78 is 39.7. The zero-order chi connectivity index (χ0) is 32.1. The number of ether oxygens (including phenoxy) is 7. The Kier molecular flexibility index (Phi) is 8.82. The third-order valence-corrected chi connectivity index (χ3v) is 8.84. The molecule has 0 bridgehead atoms. The molecule has 2 saturated heterocycles. The third kappa shape index (κ3) is 5.45. The molecule has 2 aliphatic heterocycles. The minimum atomic E-state index is -2.29. The first-order valence-corrected chi connectivity index (χ1v) is 13.9. The Hall–Kier alpha value is -3.33. The molecule has 2 heterocycles. The fraction of sp³-hybridized carbons (Fsp3) is 0.690. The van der Waals surface area contributed by atoms with Crippen molar-refractivity contribution < 1.29 is 67.3 Å². The number of epoxide rings is 1. The maximum absolute atomic E-state index is 13.1. The monoisotopic (exact) mass is 610 g/mol. The first kappa shape index (κ1) is 32.6. The normalized spacial score (nSPS) is 43.6. The number of hydrogen-bond acceptors (Lipinski definition) is 14. The predicted molar refractivity (Wildman–Crippen MR) is 142 cm³/mol. The Balaban J connectivity index is 2.12. The standard InChI is InChI=1S/C29H38O14/c1-13-26(35)43-20-10-18(11-37-7)8-9-19(39-14(2)30)27(6)22(25(29(13,20)36)42-17(5)33)28(12-38-28)24(41-16(4)32)21(34)23(27)40-15(3)31/h8-10,13,19-25,34,36H,11-12H2,1-7H3/b9-8-,18-10+/t13-,19-,20-,21+,22+,23-,24+,25-,27+,28-,29-/m0/s1. The van der Waals surface area contributed by atoms with E-state index in [1.165, 1.54) is 39.2 Å². The number of carbonyl (C=O) groups is 5. The van der Waals surface area contributed by atoms with Gasteiger partial charge in [-0.05, 0) is 24.6 Å².